The maximum absolute atomic E-state index is 13.3. The average molecular weight is 351 g/mol. The quantitative estimate of drug-likeness (QED) is 0.737. The van der Waals surface area contributed by atoms with Gasteiger partial charge in [0.15, 0.2) is 5.78 Å². The average Bonchev–Trinajstić information content (AvgIpc) is 2.97. The van der Waals surface area contributed by atoms with E-state index in [1.165, 1.54) is 11.3 Å². The number of carbonyl (C=O) groups is 1. The molecule has 7 nitrogen and oxygen atoms in total. The first-order chi connectivity index (χ1) is 11.6. The molecule has 1 fully saturated rings. The minimum atomic E-state index is -3.46. The van der Waals surface area contributed by atoms with E-state index in [-0.39, 0.29) is 25.2 Å². The lowest BCUT2D eigenvalue weighted by atomic mass is 10.1. The third-order valence-electron chi connectivity index (χ3n) is 4.10. The third kappa shape index (κ3) is 3.05. The van der Waals surface area contributed by atoms with E-state index in [1.54, 1.807) is 13.8 Å². The van der Waals surface area contributed by atoms with Crippen molar-refractivity contribution >= 4 is 19.8 Å². The van der Waals surface area contributed by atoms with Crippen molar-refractivity contribution in [3.8, 4) is 0 Å². The Morgan fingerprint density at radius 2 is 1.88 bits per heavy atom. The summed E-state index contributed by atoms with van der Waals surface area (Å²) in [5.41, 5.74) is 0.929. The number of hydrogen-bond acceptors (Lipinski definition) is 6. The number of rotatable bonds is 6. The smallest absolute Gasteiger partial charge is 0.307 e. The number of amides is 1. The molecule has 0 saturated carbocycles. The number of benzene rings is 1. The van der Waals surface area contributed by atoms with Crippen LogP contribution >= 0.6 is 7.60 Å². The van der Waals surface area contributed by atoms with Crippen LogP contribution in [0.25, 0.3) is 0 Å². The lowest BCUT2D eigenvalue weighted by Gasteiger charge is -2.41. The molecule has 0 N–H and O–H groups in total. The summed E-state index contributed by atoms with van der Waals surface area (Å²) in [7, 11) is -3.46. The van der Waals surface area contributed by atoms with E-state index in [1.807, 2.05) is 35.3 Å². The summed E-state index contributed by atoms with van der Waals surface area (Å²) < 4.78 is 24.4. The first-order valence-electron chi connectivity index (χ1n) is 8.16. The van der Waals surface area contributed by atoms with Crippen LogP contribution in [-0.2, 0) is 18.4 Å². The van der Waals surface area contributed by atoms with Crippen molar-refractivity contribution in [3.63, 3.8) is 0 Å². The fourth-order valence-electron chi connectivity index (χ4n) is 3.15. The Kier molecular flexibility index (Phi) is 5.15. The summed E-state index contributed by atoms with van der Waals surface area (Å²) in [5, 5.41) is 3.41. The molecule has 2 heterocycles. The van der Waals surface area contributed by atoms with Gasteiger partial charge in [0, 0.05) is 13.0 Å². The number of nitrogens with zero attached hydrogens (tertiary/aromatic N) is 3. The van der Waals surface area contributed by atoms with Crippen LogP contribution in [0, 0.1) is 0 Å². The Morgan fingerprint density at radius 3 is 2.50 bits per heavy atom. The zero-order valence-corrected chi connectivity index (χ0v) is 14.8. The van der Waals surface area contributed by atoms with Crippen LogP contribution in [0.3, 0.4) is 0 Å². The highest BCUT2D eigenvalue weighted by atomic mass is 31.2. The van der Waals surface area contributed by atoms with Crippen molar-refractivity contribution in [2.75, 3.05) is 19.8 Å². The molecule has 2 aliphatic rings. The number of hydrogen-bond donors (Lipinski definition) is 0. The Bertz CT molecular complexity index is 657. The standard InChI is InChI=1S/C16H22N3O4P/c1-3-22-24(21,23-4-2)16-15(13-8-6-5-7-9-13)18-11-10-14(20)19(18)12-17-16/h5-9,12,15-16H,3-4,10-11H2,1-2H3/t15-,16-/m1/s1. The SMILES string of the molecule is CCOP(=O)(OCC)[C@H]1N=CN2C(=O)CCN2[C@@H]1c1ccccc1. The predicted octanol–water partition coefficient (Wildman–Crippen LogP) is 2.81. The van der Waals surface area contributed by atoms with E-state index in [0.717, 1.165) is 5.56 Å². The molecule has 1 aromatic carbocycles. The Balaban J connectivity index is 2.05. The largest absolute Gasteiger partial charge is 0.357 e. The Morgan fingerprint density at radius 1 is 1.21 bits per heavy atom. The van der Waals surface area contributed by atoms with E-state index < -0.39 is 13.4 Å². The van der Waals surface area contributed by atoms with E-state index in [0.29, 0.717) is 13.0 Å². The molecular weight excluding hydrogens is 329 g/mol. The van der Waals surface area contributed by atoms with Gasteiger partial charge in [0.25, 0.3) is 0 Å². The van der Waals surface area contributed by atoms with Crippen LogP contribution in [0.2, 0.25) is 0 Å². The highest BCUT2D eigenvalue weighted by Crippen LogP contribution is 2.59. The lowest BCUT2D eigenvalue weighted by molar-refractivity contribution is -0.132. The second-order valence-electron chi connectivity index (χ2n) is 5.56. The molecule has 1 amide bonds. The summed E-state index contributed by atoms with van der Waals surface area (Å²) in [4.78, 5) is 16.5. The fourth-order valence-corrected chi connectivity index (χ4v) is 5.14. The third-order valence-corrected chi connectivity index (χ3v) is 6.40. The van der Waals surface area contributed by atoms with Crippen LogP contribution in [0.4, 0.5) is 0 Å². The fraction of sp³-hybridized carbons (Fsp3) is 0.500. The zero-order valence-electron chi connectivity index (χ0n) is 13.9. The second-order valence-corrected chi connectivity index (χ2v) is 7.69. The van der Waals surface area contributed by atoms with E-state index >= 15 is 0 Å². The van der Waals surface area contributed by atoms with Gasteiger partial charge in [-0.25, -0.2) is 10.0 Å². The second kappa shape index (κ2) is 7.15. The summed E-state index contributed by atoms with van der Waals surface area (Å²) in [5.74, 6) is -0.720. The van der Waals surface area contributed by atoms with Crippen molar-refractivity contribution in [2.45, 2.75) is 32.1 Å². The summed E-state index contributed by atoms with van der Waals surface area (Å²) in [6, 6.07) is 9.27. The molecule has 24 heavy (non-hydrogen) atoms. The van der Waals surface area contributed by atoms with E-state index in [9.17, 15) is 9.36 Å². The van der Waals surface area contributed by atoms with Crippen molar-refractivity contribution in [3.05, 3.63) is 35.9 Å². The normalized spacial score (nSPS) is 24.4. The van der Waals surface area contributed by atoms with Gasteiger partial charge in [-0.2, -0.15) is 0 Å². The summed E-state index contributed by atoms with van der Waals surface area (Å²) in [6.45, 7) is 4.66. The number of fused-ring (bicyclic) bond motifs is 1. The van der Waals surface area contributed by atoms with Crippen molar-refractivity contribution < 1.29 is 18.4 Å². The molecule has 0 aromatic heterocycles. The first-order valence-corrected chi connectivity index (χ1v) is 9.77. The molecule has 0 spiro atoms. The van der Waals surface area contributed by atoms with Crippen LogP contribution in [0.15, 0.2) is 35.3 Å². The molecule has 2 atom stereocenters. The van der Waals surface area contributed by atoms with Gasteiger partial charge in [-0.3, -0.25) is 14.4 Å². The van der Waals surface area contributed by atoms with Gasteiger partial charge in [-0.05, 0) is 19.4 Å². The predicted molar refractivity (Wildman–Crippen MR) is 90.5 cm³/mol. The molecule has 0 unspecified atom stereocenters. The first kappa shape index (κ1) is 17.3. The molecule has 0 radical (unpaired) electrons. The van der Waals surface area contributed by atoms with Crippen LogP contribution in [-0.4, -0.2) is 47.8 Å². The molecule has 2 aliphatic heterocycles. The minimum Gasteiger partial charge on any atom is -0.307 e. The molecule has 1 saturated heterocycles. The topological polar surface area (TPSA) is 71.4 Å². The van der Waals surface area contributed by atoms with E-state index in [2.05, 4.69) is 4.99 Å². The molecule has 130 valence electrons. The minimum absolute atomic E-state index is 0.0132. The van der Waals surface area contributed by atoms with E-state index in [4.69, 9.17) is 9.05 Å². The number of carbonyl (C=O) groups excluding carboxylic acids is 1. The maximum atomic E-state index is 13.3. The van der Waals surface area contributed by atoms with Crippen molar-refractivity contribution in [2.24, 2.45) is 4.99 Å². The van der Waals surface area contributed by atoms with Gasteiger partial charge in [0.1, 0.15) is 6.34 Å². The Labute approximate surface area is 141 Å². The van der Waals surface area contributed by atoms with Gasteiger partial charge in [-0.1, -0.05) is 30.3 Å². The monoisotopic (exact) mass is 351 g/mol. The molecule has 1 aromatic rings. The van der Waals surface area contributed by atoms with Crippen LogP contribution in [0.5, 0.6) is 0 Å². The van der Waals surface area contributed by atoms with Crippen LogP contribution in [0.1, 0.15) is 31.9 Å². The lowest BCUT2D eigenvalue weighted by Crippen LogP contribution is -2.48. The molecule has 0 aliphatic carbocycles. The van der Waals surface area contributed by atoms with Crippen molar-refractivity contribution in [1.29, 1.82) is 0 Å². The molecule has 3 rings (SSSR count). The maximum Gasteiger partial charge on any atom is 0.357 e. The zero-order chi connectivity index (χ0) is 17.2. The van der Waals surface area contributed by atoms with Crippen LogP contribution < -0.4 is 0 Å². The van der Waals surface area contributed by atoms with Crippen molar-refractivity contribution in [1.82, 2.24) is 10.0 Å². The molecule has 8 heteroatoms. The highest BCUT2D eigenvalue weighted by Gasteiger charge is 2.50. The summed E-state index contributed by atoms with van der Waals surface area (Å²) in [6.07, 6.45) is 1.86. The van der Waals surface area contributed by atoms with Gasteiger partial charge in [0.05, 0.1) is 19.3 Å². The molecule has 0 bridgehead atoms. The number of hydrazine groups is 1. The highest BCUT2D eigenvalue weighted by molar-refractivity contribution is 7.54. The van der Waals surface area contributed by atoms with Gasteiger partial charge >= 0.3 is 7.60 Å². The Hall–Kier alpha value is -1.53. The van der Waals surface area contributed by atoms with Gasteiger partial charge in [-0.15, -0.1) is 0 Å². The molecular formula is C16H22N3O4P. The summed E-state index contributed by atoms with van der Waals surface area (Å²) >= 11 is 0. The number of aliphatic imine (C=N–C) groups is 1. The van der Waals surface area contributed by atoms with Gasteiger partial charge in [0.2, 0.25) is 5.91 Å². The van der Waals surface area contributed by atoms with Gasteiger partial charge < -0.3 is 9.05 Å².